The normalized spacial score (nSPS) is 12.0. The first-order valence-corrected chi connectivity index (χ1v) is 4.60. The third-order valence-corrected chi connectivity index (χ3v) is 3.46. The van der Waals surface area contributed by atoms with E-state index in [1.807, 2.05) is 0 Å². The van der Waals surface area contributed by atoms with Crippen molar-refractivity contribution in [2.75, 3.05) is 24.7 Å². The van der Waals surface area contributed by atoms with Crippen molar-refractivity contribution in [1.29, 1.82) is 0 Å². The molecule has 0 aromatic carbocycles. The first-order valence-electron chi connectivity index (χ1n) is 3.08. The molecule has 0 aromatic heterocycles. The Morgan fingerprint density at radius 1 is 1.25 bits per heavy atom. The van der Waals surface area contributed by atoms with Gasteiger partial charge in [-0.1, -0.05) is 0 Å². The summed E-state index contributed by atoms with van der Waals surface area (Å²) in [5, 5.41) is 0. The monoisotopic (exact) mass is 228 g/mol. The third-order valence-electron chi connectivity index (χ3n) is 1.82. The minimum atomic E-state index is 1.20. The molecular formula is C6H15IN+. The number of hydrogen-bond donors (Lipinski definition) is 0. The quantitative estimate of drug-likeness (QED) is 0.299. The fourth-order valence-electron chi connectivity index (χ4n) is 0.393. The van der Waals surface area contributed by atoms with Gasteiger partial charge in [0.2, 0.25) is 0 Å². The van der Waals surface area contributed by atoms with Crippen LogP contribution >= 0.6 is 22.6 Å². The zero-order valence-electron chi connectivity index (χ0n) is 5.95. The smallest absolute Gasteiger partial charge is 0.129 e. The molecule has 0 aliphatic heterocycles. The molecule has 0 unspecified atom stereocenters. The summed E-state index contributed by atoms with van der Waals surface area (Å²) in [4.78, 5) is 0. The van der Waals surface area contributed by atoms with E-state index in [1.165, 1.54) is 22.1 Å². The second-order valence-corrected chi connectivity index (χ2v) is 3.05. The highest BCUT2D eigenvalue weighted by molar-refractivity contribution is 14.1. The summed E-state index contributed by atoms with van der Waals surface area (Å²) in [6.07, 6.45) is 0. The number of hydrogen-bond acceptors (Lipinski definition) is 0. The molecule has 0 spiro atoms. The zero-order valence-corrected chi connectivity index (χ0v) is 8.10. The predicted octanol–water partition coefficient (Wildman–Crippen LogP) is 1.87. The molecule has 50 valence electrons. The molecule has 0 bridgehead atoms. The predicted molar refractivity (Wildman–Crippen MR) is 46.2 cm³/mol. The first-order chi connectivity index (χ1) is 3.68. The average molecular weight is 228 g/mol. The number of quaternary nitrogens is 1. The molecule has 0 amide bonds. The Kier molecular flexibility index (Phi) is 3.98. The van der Waals surface area contributed by atoms with Gasteiger partial charge in [0.05, 0.1) is 20.1 Å². The van der Waals surface area contributed by atoms with E-state index in [2.05, 4.69) is 43.5 Å². The highest BCUT2D eigenvalue weighted by Gasteiger charge is 2.11. The van der Waals surface area contributed by atoms with Crippen LogP contribution in [0.4, 0.5) is 0 Å². The molecule has 0 saturated carbocycles. The van der Waals surface area contributed by atoms with Crippen LogP contribution in [-0.2, 0) is 0 Å². The van der Waals surface area contributed by atoms with Crippen molar-refractivity contribution >= 4 is 22.6 Å². The Morgan fingerprint density at radius 3 is 1.62 bits per heavy atom. The minimum absolute atomic E-state index is 1.20. The Morgan fingerprint density at radius 2 is 1.62 bits per heavy atom. The molecule has 0 aromatic rings. The largest absolute Gasteiger partial charge is 0.318 e. The lowest BCUT2D eigenvalue weighted by Crippen LogP contribution is -2.41. The minimum Gasteiger partial charge on any atom is -0.318 e. The van der Waals surface area contributed by atoms with Gasteiger partial charge in [-0.15, -0.1) is 0 Å². The SMILES string of the molecule is CC[N+](C)(CC)CI. The summed E-state index contributed by atoms with van der Waals surface area (Å²) in [5.41, 5.74) is 0. The van der Waals surface area contributed by atoms with Crippen LogP contribution in [0.1, 0.15) is 13.8 Å². The second kappa shape index (κ2) is 3.67. The lowest BCUT2D eigenvalue weighted by atomic mass is 10.5. The van der Waals surface area contributed by atoms with Crippen molar-refractivity contribution < 1.29 is 4.48 Å². The molecule has 0 aliphatic carbocycles. The standard InChI is InChI=1S/C6H15IN/c1-4-8(3,5-2)6-7/h4-6H2,1-3H3/q+1. The Hall–Kier alpha value is 0.690. The van der Waals surface area contributed by atoms with E-state index in [4.69, 9.17) is 0 Å². The maximum atomic E-state index is 2.44. The second-order valence-electron chi connectivity index (χ2n) is 2.37. The fourth-order valence-corrected chi connectivity index (χ4v) is 1.36. The van der Waals surface area contributed by atoms with Gasteiger partial charge in [-0.2, -0.15) is 0 Å². The van der Waals surface area contributed by atoms with Crippen LogP contribution < -0.4 is 0 Å². The van der Waals surface area contributed by atoms with Gasteiger partial charge in [0.25, 0.3) is 0 Å². The van der Waals surface area contributed by atoms with Crippen LogP contribution in [-0.4, -0.2) is 29.2 Å². The molecule has 2 heteroatoms. The van der Waals surface area contributed by atoms with Crippen LogP contribution in [0.25, 0.3) is 0 Å². The molecule has 0 saturated heterocycles. The Balaban J connectivity index is 3.58. The summed E-state index contributed by atoms with van der Waals surface area (Å²) >= 11 is 2.44. The van der Waals surface area contributed by atoms with E-state index in [0.717, 1.165) is 0 Å². The zero-order chi connectivity index (χ0) is 6.62. The molecular weight excluding hydrogens is 213 g/mol. The van der Waals surface area contributed by atoms with Gasteiger partial charge in [0, 0.05) is 0 Å². The van der Waals surface area contributed by atoms with Gasteiger partial charge in [-0.25, -0.2) is 0 Å². The molecule has 0 rings (SSSR count). The van der Waals surface area contributed by atoms with Crippen LogP contribution in [0.2, 0.25) is 0 Å². The molecule has 0 fully saturated rings. The van der Waals surface area contributed by atoms with Gasteiger partial charge in [0.15, 0.2) is 0 Å². The number of rotatable bonds is 3. The molecule has 0 radical (unpaired) electrons. The third kappa shape index (κ3) is 2.31. The highest BCUT2D eigenvalue weighted by Crippen LogP contribution is 2.03. The number of halogens is 1. The lowest BCUT2D eigenvalue weighted by molar-refractivity contribution is -0.890. The summed E-state index contributed by atoms with van der Waals surface area (Å²) in [6, 6.07) is 0. The van der Waals surface area contributed by atoms with E-state index in [9.17, 15) is 0 Å². The van der Waals surface area contributed by atoms with Gasteiger partial charge in [-0.3, -0.25) is 0 Å². The molecule has 0 heterocycles. The summed E-state index contributed by atoms with van der Waals surface area (Å²) < 4.78 is 2.42. The molecule has 1 nitrogen and oxygen atoms in total. The van der Waals surface area contributed by atoms with Crippen molar-refractivity contribution in [1.82, 2.24) is 0 Å². The lowest BCUT2D eigenvalue weighted by Gasteiger charge is -2.29. The van der Waals surface area contributed by atoms with Gasteiger partial charge < -0.3 is 4.48 Å². The van der Waals surface area contributed by atoms with E-state index in [0.29, 0.717) is 0 Å². The number of alkyl halides is 1. The first kappa shape index (κ1) is 8.69. The molecule has 8 heavy (non-hydrogen) atoms. The molecule has 0 atom stereocenters. The van der Waals surface area contributed by atoms with Crippen molar-refractivity contribution in [3.8, 4) is 0 Å². The van der Waals surface area contributed by atoms with E-state index in [-0.39, 0.29) is 0 Å². The Bertz CT molecular complexity index is 51.3. The Labute approximate surface area is 65.8 Å². The maximum absolute atomic E-state index is 2.44. The number of nitrogens with zero attached hydrogens (tertiary/aromatic N) is 1. The van der Waals surface area contributed by atoms with Crippen LogP contribution in [0, 0.1) is 0 Å². The topological polar surface area (TPSA) is 0 Å². The average Bonchev–Trinajstić information content (AvgIpc) is 1.87. The van der Waals surface area contributed by atoms with E-state index < -0.39 is 0 Å². The van der Waals surface area contributed by atoms with Crippen LogP contribution in [0.15, 0.2) is 0 Å². The highest BCUT2D eigenvalue weighted by atomic mass is 127. The van der Waals surface area contributed by atoms with Crippen molar-refractivity contribution in [3.63, 3.8) is 0 Å². The summed E-state index contributed by atoms with van der Waals surface area (Å²) in [5.74, 6) is 0. The van der Waals surface area contributed by atoms with Gasteiger partial charge >= 0.3 is 0 Å². The van der Waals surface area contributed by atoms with Crippen molar-refractivity contribution in [3.05, 3.63) is 0 Å². The van der Waals surface area contributed by atoms with Gasteiger partial charge in [-0.05, 0) is 36.4 Å². The molecule has 0 aliphatic rings. The van der Waals surface area contributed by atoms with Gasteiger partial charge in [0.1, 0.15) is 4.55 Å². The maximum Gasteiger partial charge on any atom is 0.129 e. The fraction of sp³-hybridized carbons (Fsp3) is 1.00. The van der Waals surface area contributed by atoms with Crippen LogP contribution in [0.5, 0.6) is 0 Å². The van der Waals surface area contributed by atoms with Crippen LogP contribution in [0.3, 0.4) is 0 Å². The van der Waals surface area contributed by atoms with E-state index in [1.54, 1.807) is 0 Å². The van der Waals surface area contributed by atoms with E-state index >= 15 is 0 Å². The van der Waals surface area contributed by atoms with Crippen molar-refractivity contribution in [2.24, 2.45) is 0 Å². The van der Waals surface area contributed by atoms with Crippen molar-refractivity contribution in [2.45, 2.75) is 13.8 Å². The molecule has 0 N–H and O–H groups in total. The summed E-state index contributed by atoms with van der Waals surface area (Å²) in [7, 11) is 2.28. The summed E-state index contributed by atoms with van der Waals surface area (Å²) in [6.45, 7) is 6.98.